The minimum absolute atomic E-state index is 0.620. The Balaban J connectivity index is 2.34. The van der Waals surface area contributed by atoms with Gasteiger partial charge in [0.05, 0.1) is 0 Å². The van der Waals surface area contributed by atoms with Crippen LogP contribution in [0.1, 0.15) is 46.5 Å². The molecule has 0 bridgehead atoms. The van der Waals surface area contributed by atoms with Crippen LogP contribution in [0, 0.1) is 5.92 Å². The van der Waals surface area contributed by atoms with Gasteiger partial charge in [-0.2, -0.15) is 0 Å². The molecule has 0 aromatic carbocycles. The fraction of sp³-hybridized carbons (Fsp3) is 1.00. The van der Waals surface area contributed by atoms with E-state index < -0.39 is 0 Å². The van der Waals surface area contributed by atoms with E-state index in [1.54, 1.807) is 0 Å². The normalized spacial score (nSPS) is 29.4. The predicted octanol–water partition coefficient (Wildman–Crippen LogP) is 2.49. The second-order valence-electron chi connectivity index (χ2n) is 5.23. The van der Waals surface area contributed by atoms with E-state index in [1.807, 2.05) is 0 Å². The second-order valence-corrected chi connectivity index (χ2v) is 5.23. The van der Waals surface area contributed by atoms with Crippen LogP contribution in [0.4, 0.5) is 0 Å². The molecule has 0 aliphatic heterocycles. The van der Waals surface area contributed by atoms with Gasteiger partial charge in [0, 0.05) is 18.6 Å². The van der Waals surface area contributed by atoms with Crippen molar-refractivity contribution in [2.45, 2.75) is 58.5 Å². The number of rotatable bonds is 5. The summed E-state index contributed by atoms with van der Waals surface area (Å²) in [6, 6.07) is 1.44. The lowest BCUT2D eigenvalue weighted by Gasteiger charge is -2.37. The maximum absolute atomic E-state index is 3.49. The van der Waals surface area contributed by atoms with Crippen LogP contribution in [0.5, 0.6) is 0 Å². The summed E-state index contributed by atoms with van der Waals surface area (Å²) in [5.41, 5.74) is 0. The first-order valence-corrected chi connectivity index (χ1v) is 6.58. The first-order chi connectivity index (χ1) is 7.15. The number of nitrogens with zero attached hydrogens (tertiary/aromatic N) is 1. The highest BCUT2D eigenvalue weighted by molar-refractivity contribution is 4.80. The predicted molar refractivity (Wildman–Crippen MR) is 67.2 cm³/mol. The largest absolute Gasteiger partial charge is 0.313 e. The number of nitrogens with one attached hydrogen (secondary N) is 1. The first kappa shape index (κ1) is 13.0. The van der Waals surface area contributed by atoms with Crippen LogP contribution < -0.4 is 5.32 Å². The molecule has 15 heavy (non-hydrogen) atoms. The zero-order valence-electron chi connectivity index (χ0n) is 10.9. The van der Waals surface area contributed by atoms with Crippen molar-refractivity contribution in [2.24, 2.45) is 5.92 Å². The van der Waals surface area contributed by atoms with E-state index >= 15 is 0 Å². The third-order valence-electron chi connectivity index (χ3n) is 3.75. The van der Waals surface area contributed by atoms with Gasteiger partial charge in [0.2, 0.25) is 0 Å². The molecule has 0 amide bonds. The Morgan fingerprint density at radius 2 is 2.00 bits per heavy atom. The Kier molecular flexibility index (Phi) is 5.62. The molecule has 1 aliphatic carbocycles. The Morgan fingerprint density at radius 1 is 1.33 bits per heavy atom. The zero-order chi connectivity index (χ0) is 11.3. The van der Waals surface area contributed by atoms with Crippen LogP contribution in [0.25, 0.3) is 0 Å². The van der Waals surface area contributed by atoms with Gasteiger partial charge in [-0.15, -0.1) is 0 Å². The Labute approximate surface area is 95.4 Å². The molecule has 0 aromatic rings. The van der Waals surface area contributed by atoms with E-state index in [0.29, 0.717) is 6.04 Å². The molecule has 1 fully saturated rings. The molecular formula is C13H28N2. The van der Waals surface area contributed by atoms with Crippen LogP contribution in [0.2, 0.25) is 0 Å². The third-order valence-corrected chi connectivity index (χ3v) is 3.75. The molecule has 2 nitrogen and oxygen atoms in total. The van der Waals surface area contributed by atoms with Gasteiger partial charge >= 0.3 is 0 Å². The molecule has 0 heterocycles. The van der Waals surface area contributed by atoms with Gasteiger partial charge in [0.15, 0.2) is 0 Å². The molecule has 1 N–H and O–H groups in total. The Hall–Kier alpha value is -0.0800. The van der Waals surface area contributed by atoms with Gasteiger partial charge in [-0.1, -0.05) is 26.7 Å². The molecule has 3 unspecified atom stereocenters. The van der Waals surface area contributed by atoms with Crippen molar-refractivity contribution in [3.05, 3.63) is 0 Å². The molecule has 90 valence electrons. The van der Waals surface area contributed by atoms with Crippen LogP contribution in [0.3, 0.4) is 0 Å². The van der Waals surface area contributed by atoms with E-state index in [2.05, 4.69) is 38.0 Å². The number of hydrogen-bond donors (Lipinski definition) is 1. The highest BCUT2D eigenvalue weighted by atomic mass is 15.2. The van der Waals surface area contributed by atoms with Gasteiger partial charge in [-0.3, -0.25) is 0 Å². The molecule has 2 heteroatoms. The average Bonchev–Trinajstić information content (AvgIpc) is 2.18. The maximum Gasteiger partial charge on any atom is 0.0166 e. The number of hydrogen-bond acceptors (Lipinski definition) is 2. The van der Waals surface area contributed by atoms with Crippen molar-refractivity contribution in [3.8, 4) is 0 Å². The third kappa shape index (κ3) is 4.12. The van der Waals surface area contributed by atoms with Crippen molar-refractivity contribution >= 4 is 0 Å². The number of likely N-dealkylation sites (N-methyl/N-ethyl adjacent to an activating group) is 2. The van der Waals surface area contributed by atoms with Crippen LogP contribution >= 0.6 is 0 Å². The summed E-state index contributed by atoms with van der Waals surface area (Å²) in [4.78, 5) is 2.57. The van der Waals surface area contributed by atoms with Gasteiger partial charge in [-0.05, 0) is 39.3 Å². The quantitative estimate of drug-likeness (QED) is 0.753. The van der Waals surface area contributed by atoms with Crippen molar-refractivity contribution in [2.75, 3.05) is 20.1 Å². The fourth-order valence-electron chi connectivity index (χ4n) is 2.93. The standard InChI is InChI=1S/C13H28N2/c1-5-14-12(3)10-15(4)13-9-7-6-8-11(13)2/h11-14H,5-10H2,1-4H3. The molecule has 0 saturated heterocycles. The highest BCUT2D eigenvalue weighted by Crippen LogP contribution is 2.27. The molecule has 1 saturated carbocycles. The molecule has 1 aliphatic rings. The van der Waals surface area contributed by atoms with Crippen LogP contribution in [0.15, 0.2) is 0 Å². The van der Waals surface area contributed by atoms with E-state index in [0.717, 1.165) is 18.5 Å². The molecule has 3 atom stereocenters. The summed E-state index contributed by atoms with van der Waals surface area (Å²) in [6.07, 6.45) is 5.68. The van der Waals surface area contributed by atoms with E-state index in [-0.39, 0.29) is 0 Å². The molecule has 0 spiro atoms. The van der Waals surface area contributed by atoms with Gasteiger partial charge in [0.1, 0.15) is 0 Å². The summed E-state index contributed by atoms with van der Waals surface area (Å²) in [6.45, 7) is 9.14. The molecule has 1 rings (SSSR count). The van der Waals surface area contributed by atoms with Gasteiger partial charge in [-0.25, -0.2) is 0 Å². The highest BCUT2D eigenvalue weighted by Gasteiger charge is 2.25. The van der Waals surface area contributed by atoms with Crippen molar-refractivity contribution in [1.29, 1.82) is 0 Å². The fourth-order valence-corrected chi connectivity index (χ4v) is 2.93. The van der Waals surface area contributed by atoms with E-state index in [4.69, 9.17) is 0 Å². The van der Waals surface area contributed by atoms with Gasteiger partial charge in [0.25, 0.3) is 0 Å². The topological polar surface area (TPSA) is 15.3 Å². The Morgan fingerprint density at radius 3 is 2.60 bits per heavy atom. The SMILES string of the molecule is CCNC(C)CN(C)C1CCCCC1C. The average molecular weight is 212 g/mol. The van der Waals surface area contributed by atoms with Crippen molar-refractivity contribution in [1.82, 2.24) is 10.2 Å². The lowest BCUT2D eigenvalue weighted by atomic mass is 9.85. The molecule has 0 aromatic heterocycles. The van der Waals surface area contributed by atoms with Crippen LogP contribution in [-0.2, 0) is 0 Å². The monoisotopic (exact) mass is 212 g/mol. The van der Waals surface area contributed by atoms with E-state index in [9.17, 15) is 0 Å². The lowest BCUT2D eigenvalue weighted by molar-refractivity contribution is 0.130. The summed E-state index contributed by atoms with van der Waals surface area (Å²) >= 11 is 0. The zero-order valence-corrected chi connectivity index (χ0v) is 10.9. The van der Waals surface area contributed by atoms with Crippen molar-refractivity contribution < 1.29 is 0 Å². The first-order valence-electron chi connectivity index (χ1n) is 6.58. The minimum Gasteiger partial charge on any atom is -0.313 e. The van der Waals surface area contributed by atoms with Crippen LogP contribution in [-0.4, -0.2) is 37.1 Å². The smallest absolute Gasteiger partial charge is 0.0166 e. The second kappa shape index (κ2) is 6.49. The molecule has 0 radical (unpaired) electrons. The Bertz CT molecular complexity index is 170. The lowest BCUT2D eigenvalue weighted by Crippen LogP contribution is -2.45. The summed E-state index contributed by atoms with van der Waals surface area (Å²) in [7, 11) is 2.29. The van der Waals surface area contributed by atoms with E-state index in [1.165, 1.54) is 32.2 Å². The summed E-state index contributed by atoms with van der Waals surface area (Å²) in [5.74, 6) is 0.887. The summed E-state index contributed by atoms with van der Waals surface area (Å²) < 4.78 is 0. The van der Waals surface area contributed by atoms with Crippen molar-refractivity contribution in [3.63, 3.8) is 0 Å². The summed E-state index contributed by atoms with van der Waals surface area (Å²) in [5, 5.41) is 3.49. The maximum atomic E-state index is 3.49. The minimum atomic E-state index is 0.620. The van der Waals surface area contributed by atoms with Gasteiger partial charge < -0.3 is 10.2 Å². The molecular weight excluding hydrogens is 184 g/mol.